The van der Waals surface area contributed by atoms with Crippen molar-refractivity contribution in [1.29, 1.82) is 0 Å². The lowest BCUT2D eigenvalue weighted by molar-refractivity contribution is -0.140. The highest BCUT2D eigenvalue weighted by molar-refractivity contribution is 7.86. The lowest BCUT2D eigenvalue weighted by atomic mass is 9.90. The Hall–Kier alpha value is -5.79. The van der Waals surface area contributed by atoms with Gasteiger partial charge in [0.2, 0.25) is 0 Å². The van der Waals surface area contributed by atoms with Crippen molar-refractivity contribution in [3.05, 3.63) is 207 Å². The van der Waals surface area contributed by atoms with Crippen LogP contribution in [-0.4, -0.2) is 59.2 Å². The van der Waals surface area contributed by atoms with Crippen molar-refractivity contribution in [3.8, 4) is 0 Å². The largest absolute Gasteiger partial charge is 0.469 e. The van der Waals surface area contributed by atoms with Gasteiger partial charge in [-0.1, -0.05) is 151 Å². The maximum atomic E-state index is 13.6. The second-order valence-electron chi connectivity index (χ2n) is 16.5. The molecule has 0 saturated carbocycles. The summed E-state index contributed by atoms with van der Waals surface area (Å²) in [5.41, 5.74) is 7.00. The molecule has 0 aliphatic heterocycles. The normalized spacial score (nSPS) is 11.5. The highest BCUT2D eigenvalue weighted by atomic mass is 35.5. The molecule has 0 aliphatic carbocycles. The van der Waals surface area contributed by atoms with E-state index in [-0.39, 0.29) is 47.2 Å². The molecule has 68 heavy (non-hydrogen) atoms. The SMILES string of the molecule is COC(=O)Cc1cccc(CCCCN(Cc2cccc(C(F)(F)F)c2Cl)CC(c2ccccc2)c2ccccc2)c1.COC(=O)Cc1cccc(CCCCOS(=O)(=O)c2ccc(C)cc2)c1. The van der Waals surface area contributed by atoms with Gasteiger partial charge in [0.25, 0.3) is 10.1 Å². The number of hydrogen-bond acceptors (Lipinski definition) is 8. The fourth-order valence-electron chi connectivity index (χ4n) is 7.73. The molecule has 6 aromatic carbocycles. The molecule has 0 heterocycles. The molecule has 0 radical (unpaired) electrons. The predicted molar refractivity (Wildman–Crippen MR) is 261 cm³/mol. The summed E-state index contributed by atoms with van der Waals surface area (Å²) in [7, 11) is -0.945. The third kappa shape index (κ3) is 17.4. The van der Waals surface area contributed by atoms with Gasteiger partial charge in [0, 0.05) is 19.0 Å². The summed E-state index contributed by atoms with van der Waals surface area (Å²) >= 11 is 6.33. The van der Waals surface area contributed by atoms with Gasteiger partial charge in [0.1, 0.15) is 0 Å². The highest BCUT2D eigenvalue weighted by Crippen LogP contribution is 2.37. The number of ether oxygens (including phenoxy) is 2. The summed E-state index contributed by atoms with van der Waals surface area (Å²) < 4.78 is 79.6. The van der Waals surface area contributed by atoms with Crippen LogP contribution in [0.1, 0.15) is 81.7 Å². The molecule has 0 aliphatic rings. The smallest absolute Gasteiger partial charge is 0.417 e. The van der Waals surface area contributed by atoms with Crippen molar-refractivity contribution in [1.82, 2.24) is 4.90 Å². The number of halogens is 4. The number of unbranched alkanes of at least 4 members (excludes halogenated alkanes) is 2. The van der Waals surface area contributed by atoms with Crippen molar-refractivity contribution in [2.45, 2.75) is 81.8 Å². The van der Waals surface area contributed by atoms with E-state index in [1.807, 2.05) is 91.9 Å². The number of benzene rings is 6. The number of rotatable bonds is 22. The van der Waals surface area contributed by atoms with E-state index in [2.05, 4.69) is 33.9 Å². The molecule has 360 valence electrons. The lowest BCUT2D eigenvalue weighted by Crippen LogP contribution is -2.30. The van der Waals surface area contributed by atoms with Crippen molar-refractivity contribution in [2.24, 2.45) is 0 Å². The second kappa shape index (κ2) is 26.7. The first-order chi connectivity index (χ1) is 32.6. The van der Waals surface area contributed by atoms with Gasteiger partial charge in [-0.25, -0.2) is 0 Å². The Morgan fingerprint density at radius 3 is 1.65 bits per heavy atom. The molecule has 0 N–H and O–H groups in total. The van der Waals surface area contributed by atoms with Crippen LogP contribution in [0.2, 0.25) is 5.02 Å². The monoisotopic (exact) mass is 969 g/mol. The minimum atomic E-state index is -4.52. The molecule has 0 fully saturated rings. The molecule has 0 spiro atoms. The first-order valence-electron chi connectivity index (χ1n) is 22.6. The Bertz CT molecular complexity index is 2570. The van der Waals surface area contributed by atoms with Crippen LogP contribution in [0.15, 0.2) is 157 Å². The minimum absolute atomic E-state index is 0.0342. The van der Waals surface area contributed by atoms with E-state index in [1.54, 1.807) is 30.3 Å². The molecule has 0 amide bonds. The zero-order valence-corrected chi connectivity index (χ0v) is 40.3. The van der Waals surface area contributed by atoms with E-state index >= 15 is 0 Å². The Morgan fingerprint density at radius 1 is 0.632 bits per heavy atom. The Kier molecular flexibility index (Phi) is 20.9. The van der Waals surface area contributed by atoms with Gasteiger partial charge in [-0.15, -0.1) is 0 Å². The fraction of sp³-hybridized carbons (Fsp3) is 0.309. The minimum Gasteiger partial charge on any atom is -0.469 e. The summed E-state index contributed by atoms with van der Waals surface area (Å²) in [6, 6.07) is 46.8. The number of esters is 2. The molecule has 0 atom stereocenters. The van der Waals surface area contributed by atoms with E-state index in [0.717, 1.165) is 77.1 Å². The van der Waals surface area contributed by atoms with Crippen LogP contribution < -0.4 is 0 Å². The maximum Gasteiger partial charge on any atom is 0.417 e. The Labute approximate surface area is 404 Å². The predicted octanol–water partition coefficient (Wildman–Crippen LogP) is 12.2. The van der Waals surface area contributed by atoms with Gasteiger partial charge in [0.15, 0.2) is 0 Å². The van der Waals surface area contributed by atoms with E-state index in [1.165, 1.54) is 20.3 Å². The quantitative estimate of drug-likeness (QED) is 0.0377. The van der Waals surface area contributed by atoms with Crippen LogP contribution in [-0.2, 0) is 71.8 Å². The molecule has 0 bridgehead atoms. The number of carbonyl (C=O) groups is 2. The molecular formula is C55H59ClF3NO7S. The Morgan fingerprint density at radius 2 is 1.13 bits per heavy atom. The summed E-state index contributed by atoms with van der Waals surface area (Å²) in [4.78, 5) is 25.4. The highest BCUT2D eigenvalue weighted by Gasteiger charge is 2.34. The van der Waals surface area contributed by atoms with Crippen LogP contribution in [0.4, 0.5) is 13.2 Å². The molecule has 0 aromatic heterocycles. The maximum absolute atomic E-state index is 13.6. The van der Waals surface area contributed by atoms with Crippen molar-refractivity contribution >= 4 is 33.7 Å². The average Bonchev–Trinajstić information content (AvgIpc) is 3.33. The molecule has 13 heteroatoms. The molecular weight excluding hydrogens is 911 g/mol. The summed E-state index contributed by atoms with van der Waals surface area (Å²) in [5.74, 6) is -0.508. The number of nitrogens with zero attached hydrogens (tertiary/aromatic N) is 1. The topological polar surface area (TPSA) is 99.2 Å². The standard InChI is InChI=1S/C35H35ClF3NO2.C20H24O5S/c1-42-33(41)23-27-14-10-13-26(22-27)12-8-9-21-40(24-30-19-11-20-32(34(30)36)35(37,38)39)25-31(28-15-4-2-5-16-28)29-17-6-3-7-18-29;1-16-9-11-19(12-10-16)26(22,23)25-13-4-3-6-17-7-5-8-18(14-17)15-20(21)24-2/h2-7,10-11,13-20,22,31H,8-9,12,21,23-25H2,1H3;5,7-12,14H,3-4,6,13,15H2,1-2H3. The van der Waals surface area contributed by atoms with Gasteiger partial charge in [-0.2, -0.15) is 21.6 Å². The molecule has 6 rings (SSSR count). The zero-order chi connectivity index (χ0) is 48.9. The number of hydrogen-bond donors (Lipinski definition) is 0. The van der Waals surface area contributed by atoms with Gasteiger partial charge >= 0.3 is 18.1 Å². The molecule has 0 unspecified atom stereocenters. The number of aryl methyl sites for hydroxylation is 3. The summed E-state index contributed by atoms with van der Waals surface area (Å²) in [5, 5.41) is -0.242. The number of carbonyl (C=O) groups excluding carboxylic acids is 2. The van der Waals surface area contributed by atoms with Crippen LogP contribution in [0.5, 0.6) is 0 Å². The third-order valence-electron chi connectivity index (χ3n) is 11.4. The first-order valence-corrected chi connectivity index (χ1v) is 24.4. The van der Waals surface area contributed by atoms with Gasteiger partial charge in [0.05, 0.1) is 49.1 Å². The third-order valence-corrected chi connectivity index (χ3v) is 13.1. The average molecular weight is 971 g/mol. The van der Waals surface area contributed by atoms with E-state index in [4.69, 9.17) is 20.5 Å². The van der Waals surface area contributed by atoms with Crippen LogP contribution >= 0.6 is 11.6 Å². The lowest BCUT2D eigenvalue weighted by Gasteiger charge is -2.29. The fourth-order valence-corrected chi connectivity index (χ4v) is 8.97. The van der Waals surface area contributed by atoms with Crippen LogP contribution in [0.25, 0.3) is 0 Å². The zero-order valence-electron chi connectivity index (χ0n) is 38.7. The summed E-state index contributed by atoms with van der Waals surface area (Å²) in [6.07, 6.45) is 0.744. The van der Waals surface area contributed by atoms with Crippen LogP contribution in [0, 0.1) is 6.92 Å². The van der Waals surface area contributed by atoms with Gasteiger partial charge in [-0.3, -0.25) is 18.7 Å². The van der Waals surface area contributed by atoms with E-state index in [9.17, 15) is 31.2 Å². The van der Waals surface area contributed by atoms with Gasteiger partial charge < -0.3 is 9.47 Å². The molecule has 6 aromatic rings. The van der Waals surface area contributed by atoms with Crippen LogP contribution in [0.3, 0.4) is 0 Å². The first kappa shape index (κ1) is 53.2. The van der Waals surface area contributed by atoms with Crippen molar-refractivity contribution in [3.63, 3.8) is 0 Å². The summed E-state index contributed by atoms with van der Waals surface area (Å²) in [6.45, 7) is 3.66. The molecule has 8 nitrogen and oxygen atoms in total. The van der Waals surface area contributed by atoms with Crippen molar-refractivity contribution in [2.75, 3.05) is 33.9 Å². The van der Waals surface area contributed by atoms with E-state index < -0.39 is 21.9 Å². The number of alkyl halides is 3. The second-order valence-corrected chi connectivity index (χ2v) is 18.5. The van der Waals surface area contributed by atoms with E-state index in [0.29, 0.717) is 31.6 Å². The van der Waals surface area contributed by atoms with Gasteiger partial charge in [-0.05, 0) is 109 Å². The van der Waals surface area contributed by atoms with Crippen molar-refractivity contribution < 1.29 is 44.8 Å². The Balaban J connectivity index is 0.000000285. The number of methoxy groups -OCH3 is 2. The molecule has 0 saturated heterocycles.